The van der Waals surface area contributed by atoms with E-state index in [9.17, 15) is 4.79 Å². The molecule has 3 heterocycles. The van der Waals surface area contributed by atoms with E-state index in [-0.39, 0.29) is 36.1 Å². The van der Waals surface area contributed by atoms with Gasteiger partial charge in [-0.2, -0.15) is 0 Å². The van der Waals surface area contributed by atoms with Gasteiger partial charge in [-0.15, -0.1) is 24.8 Å². The van der Waals surface area contributed by atoms with Crippen molar-refractivity contribution in [2.75, 3.05) is 31.1 Å². The number of carbonyl (C=O) groups excluding carboxylic acids is 1. The first-order valence-electron chi connectivity index (χ1n) is 9.97. The number of rotatable bonds is 4. The number of pyridine rings is 1. The van der Waals surface area contributed by atoms with Crippen molar-refractivity contribution in [2.45, 2.75) is 51.5 Å². The van der Waals surface area contributed by atoms with Gasteiger partial charge in [0.25, 0.3) is 0 Å². The number of piperidine rings is 1. The van der Waals surface area contributed by atoms with Crippen LogP contribution in [0, 0.1) is 11.3 Å². The third-order valence-electron chi connectivity index (χ3n) is 6.43. The molecule has 0 radical (unpaired) electrons. The highest BCUT2D eigenvalue weighted by Crippen LogP contribution is 2.43. The Kier molecular flexibility index (Phi) is 8.20. The summed E-state index contributed by atoms with van der Waals surface area (Å²) in [6, 6.07) is 4.21. The second-order valence-electron chi connectivity index (χ2n) is 7.98. The number of halogens is 2. The minimum absolute atomic E-state index is 0. The highest BCUT2D eigenvalue weighted by molar-refractivity contribution is 5.85. The number of hydrogen-bond donors (Lipinski definition) is 2. The van der Waals surface area contributed by atoms with Crippen molar-refractivity contribution < 1.29 is 4.79 Å². The first-order chi connectivity index (χ1) is 12.3. The molecule has 5 nitrogen and oxygen atoms in total. The molecule has 0 spiro atoms. The van der Waals surface area contributed by atoms with Crippen LogP contribution in [0.15, 0.2) is 18.3 Å². The molecule has 1 aromatic rings. The van der Waals surface area contributed by atoms with Gasteiger partial charge in [0.15, 0.2) is 0 Å². The van der Waals surface area contributed by atoms with Crippen molar-refractivity contribution in [1.29, 1.82) is 0 Å². The number of amides is 1. The summed E-state index contributed by atoms with van der Waals surface area (Å²) in [7, 11) is 0. The summed E-state index contributed by atoms with van der Waals surface area (Å²) in [4.78, 5) is 19.9. The first kappa shape index (κ1) is 22.3. The largest absolute Gasteiger partial charge is 0.357 e. The Morgan fingerprint density at radius 2 is 2.00 bits per heavy atom. The lowest BCUT2D eigenvalue weighted by Crippen LogP contribution is -2.47. The molecule has 7 heteroatoms. The summed E-state index contributed by atoms with van der Waals surface area (Å²) in [6.45, 7) is 4.65. The summed E-state index contributed by atoms with van der Waals surface area (Å²) < 4.78 is 0. The van der Waals surface area contributed by atoms with E-state index in [0.29, 0.717) is 12.5 Å². The lowest BCUT2D eigenvalue weighted by atomic mass is 9.67. The summed E-state index contributed by atoms with van der Waals surface area (Å²) >= 11 is 0. The molecule has 2 N–H and O–H groups in total. The Hall–Kier alpha value is -1.04. The van der Waals surface area contributed by atoms with E-state index in [2.05, 4.69) is 32.7 Å². The minimum atomic E-state index is -0.167. The normalized spacial score (nSPS) is 27.1. The van der Waals surface area contributed by atoms with E-state index >= 15 is 0 Å². The van der Waals surface area contributed by atoms with E-state index in [1.165, 1.54) is 38.5 Å². The zero-order valence-corrected chi connectivity index (χ0v) is 17.5. The van der Waals surface area contributed by atoms with Crippen LogP contribution in [0.2, 0.25) is 0 Å². The molecule has 1 amide bonds. The molecule has 1 aliphatic carbocycles. The van der Waals surface area contributed by atoms with Gasteiger partial charge < -0.3 is 15.5 Å². The Morgan fingerprint density at radius 1 is 1.19 bits per heavy atom. The summed E-state index contributed by atoms with van der Waals surface area (Å²) in [5.74, 6) is 1.82. The maximum Gasteiger partial charge on any atom is 0.228 e. The Bertz CT molecular complexity index is 607. The van der Waals surface area contributed by atoms with Crippen LogP contribution in [0.5, 0.6) is 0 Å². The summed E-state index contributed by atoms with van der Waals surface area (Å²) in [6.07, 6.45) is 10.4. The van der Waals surface area contributed by atoms with E-state index < -0.39 is 0 Å². The maximum absolute atomic E-state index is 12.9. The second kappa shape index (κ2) is 9.94. The standard InChI is InChI=1S/C20H30N4O.2ClH/c25-19(20-9-3-2-6-17(20)14-21-15-20)23-13-16-7-8-18(22-12-16)24-10-4-1-5-11-24;;/h7-8,12,17,21H,1-6,9-11,13-15H2,(H,23,25);2*1H/t17-,20+;;/m0../s1. The Labute approximate surface area is 174 Å². The molecule has 1 aromatic heterocycles. The third-order valence-corrected chi connectivity index (χ3v) is 6.43. The van der Waals surface area contributed by atoms with Crippen LogP contribution < -0.4 is 15.5 Å². The summed E-state index contributed by atoms with van der Waals surface area (Å²) in [5.41, 5.74) is 0.920. The van der Waals surface area contributed by atoms with Crippen LogP contribution in [0.25, 0.3) is 0 Å². The number of anilines is 1. The van der Waals surface area contributed by atoms with E-state index in [0.717, 1.165) is 44.0 Å². The van der Waals surface area contributed by atoms with Gasteiger partial charge >= 0.3 is 0 Å². The number of carbonyl (C=O) groups is 1. The zero-order valence-electron chi connectivity index (χ0n) is 15.9. The molecule has 0 aromatic carbocycles. The fourth-order valence-electron chi connectivity index (χ4n) is 4.88. The van der Waals surface area contributed by atoms with E-state index in [1.54, 1.807) is 0 Å². The lowest BCUT2D eigenvalue weighted by molar-refractivity contribution is -0.134. The molecule has 2 aliphatic heterocycles. The van der Waals surface area contributed by atoms with Crippen molar-refractivity contribution in [2.24, 2.45) is 11.3 Å². The molecule has 2 saturated heterocycles. The smallest absolute Gasteiger partial charge is 0.228 e. The number of aromatic nitrogens is 1. The van der Waals surface area contributed by atoms with Crippen molar-refractivity contribution in [3.05, 3.63) is 23.9 Å². The van der Waals surface area contributed by atoms with Crippen LogP contribution in [-0.2, 0) is 11.3 Å². The van der Waals surface area contributed by atoms with Gasteiger partial charge in [0.2, 0.25) is 5.91 Å². The molecule has 152 valence electrons. The Morgan fingerprint density at radius 3 is 2.74 bits per heavy atom. The van der Waals surface area contributed by atoms with Crippen molar-refractivity contribution in [3.8, 4) is 0 Å². The average molecular weight is 415 g/mol. The second-order valence-corrected chi connectivity index (χ2v) is 7.98. The predicted molar refractivity (Wildman–Crippen MR) is 114 cm³/mol. The van der Waals surface area contributed by atoms with Gasteiger partial charge in [0.05, 0.1) is 5.41 Å². The average Bonchev–Trinajstić information content (AvgIpc) is 3.12. The molecule has 0 bridgehead atoms. The molecule has 3 fully saturated rings. The molecular formula is C20H32Cl2N4O. The predicted octanol–water partition coefficient (Wildman–Crippen LogP) is 3.31. The summed E-state index contributed by atoms with van der Waals surface area (Å²) in [5, 5.41) is 6.65. The lowest BCUT2D eigenvalue weighted by Gasteiger charge is -2.37. The zero-order chi connectivity index (χ0) is 17.1. The SMILES string of the molecule is Cl.Cl.O=C(NCc1ccc(N2CCCCC2)nc1)[C@@]12CCCC[C@H]1CNC2. The van der Waals surface area contributed by atoms with Gasteiger partial charge in [-0.25, -0.2) is 4.98 Å². The fraction of sp³-hybridized carbons (Fsp3) is 0.700. The van der Waals surface area contributed by atoms with E-state index in [1.807, 2.05) is 6.20 Å². The van der Waals surface area contributed by atoms with Gasteiger partial charge in [-0.05, 0) is 56.2 Å². The number of nitrogens with zero attached hydrogens (tertiary/aromatic N) is 2. The molecule has 0 unspecified atom stereocenters. The van der Waals surface area contributed by atoms with Crippen LogP contribution in [0.1, 0.15) is 50.5 Å². The van der Waals surface area contributed by atoms with Crippen molar-refractivity contribution >= 4 is 36.5 Å². The molecule has 4 rings (SSSR count). The van der Waals surface area contributed by atoms with E-state index in [4.69, 9.17) is 0 Å². The van der Waals surface area contributed by atoms with Gasteiger partial charge in [0, 0.05) is 32.4 Å². The van der Waals surface area contributed by atoms with Crippen molar-refractivity contribution in [1.82, 2.24) is 15.6 Å². The van der Waals surface area contributed by atoms with Crippen molar-refractivity contribution in [3.63, 3.8) is 0 Å². The molecule has 2 atom stereocenters. The first-order valence-corrected chi connectivity index (χ1v) is 9.97. The quantitative estimate of drug-likeness (QED) is 0.792. The minimum Gasteiger partial charge on any atom is -0.357 e. The third kappa shape index (κ3) is 4.69. The molecule has 27 heavy (non-hydrogen) atoms. The fourth-order valence-corrected chi connectivity index (χ4v) is 4.88. The van der Waals surface area contributed by atoms with Gasteiger partial charge in [-0.3, -0.25) is 4.79 Å². The number of hydrogen-bond acceptors (Lipinski definition) is 4. The van der Waals surface area contributed by atoms with Gasteiger partial charge in [-0.1, -0.05) is 18.9 Å². The number of nitrogens with one attached hydrogen (secondary N) is 2. The highest BCUT2D eigenvalue weighted by Gasteiger charge is 2.49. The highest BCUT2D eigenvalue weighted by atomic mass is 35.5. The molecular weight excluding hydrogens is 383 g/mol. The van der Waals surface area contributed by atoms with Gasteiger partial charge in [0.1, 0.15) is 5.82 Å². The monoisotopic (exact) mass is 414 g/mol. The molecule has 3 aliphatic rings. The number of fused-ring (bicyclic) bond motifs is 1. The Balaban J connectivity index is 0.00000131. The maximum atomic E-state index is 12.9. The molecule has 1 saturated carbocycles. The van der Waals surface area contributed by atoms with Crippen LogP contribution in [0.4, 0.5) is 5.82 Å². The van der Waals surface area contributed by atoms with Crippen LogP contribution in [0.3, 0.4) is 0 Å². The van der Waals surface area contributed by atoms with Crippen LogP contribution >= 0.6 is 24.8 Å². The topological polar surface area (TPSA) is 57.3 Å². The van der Waals surface area contributed by atoms with Crippen LogP contribution in [-0.4, -0.2) is 37.1 Å².